The molecule has 0 saturated carbocycles. The molecular formula is C22H20N7O5S3+. The zero-order valence-electron chi connectivity index (χ0n) is 19.2. The fourth-order valence-corrected chi connectivity index (χ4v) is 6.39. The molecule has 3 aromatic heterocycles. The lowest BCUT2D eigenvalue weighted by Crippen LogP contribution is -2.73. The van der Waals surface area contributed by atoms with Crippen molar-refractivity contribution in [1.29, 1.82) is 0 Å². The summed E-state index contributed by atoms with van der Waals surface area (Å²) in [5.41, 5.74) is 8.30. The Morgan fingerprint density at radius 1 is 1.43 bits per heavy atom. The number of carbonyl (C=O) groups is 3. The number of fused-ring (bicyclic) bond motifs is 2. The number of thiazole rings is 2. The quantitative estimate of drug-likeness (QED) is 0.158. The predicted octanol–water partition coefficient (Wildman–Crippen LogP) is 0.968. The maximum Gasteiger partial charge on any atom is 0.353 e. The van der Waals surface area contributed by atoms with Gasteiger partial charge in [0.1, 0.15) is 30.1 Å². The van der Waals surface area contributed by atoms with Crippen molar-refractivity contribution in [1.82, 2.24) is 20.2 Å². The Hall–Kier alpha value is -3.82. The molecule has 37 heavy (non-hydrogen) atoms. The van der Waals surface area contributed by atoms with Gasteiger partial charge in [0.05, 0.1) is 16.3 Å². The summed E-state index contributed by atoms with van der Waals surface area (Å²) in [6.45, 7) is 0.503. The summed E-state index contributed by atoms with van der Waals surface area (Å²) in [6, 6.07) is 0.552. The average molecular weight is 559 g/mol. The summed E-state index contributed by atoms with van der Waals surface area (Å²) in [4.78, 5) is 52.7. The molecule has 0 aliphatic carbocycles. The number of oxime groups is 1. The Morgan fingerprint density at radius 3 is 3.00 bits per heavy atom. The van der Waals surface area contributed by atoms with Gasteiger partial charge in [0.15, 0.2) is 29.8 Å². The lowest BCUT2D eigenvalue weighted by molar-refractivity contribution is -0.685. The monoisotopic (exact) mass is 558 g/mol. The number of aromatic nitrogens is 3. The minimum absolute atomic E-state index is 0.106. The second-order valence-corrected chi connectivity index (χ2v) is 10.7. The lowest BCUT2D eigenvalue weighted by atomic mass is 9.94. The minimum Gasteiger partial charge on any atom is -0.477 e. The van der Waals surface area contributed by atoms with E-state index in [1.54, 1.807) is 28.3 Å². The van der Waals surface area contributed by atoms with Crippen LogP contribution in [0.15, 0.2) is 57.3 Å². The van der Waals surface area contributed by atoms with E-state index >= 15 is 0 Å². The highest BCUT2D eigenvalue weighted by atomic mass is 32.2. The molecular weight excluding hydrogens is 538 g/mol. The van der Waals surface area contributed by atoms with Crippen molar-refractivity contribution in [2.45, 2.75) is 18.6 Å². The van der Waals surface area contributed by atoms with Crippen LogP contribution >= 0.6 is 34.4 Å². The maximum atomic E-state index is 13.0. The van der Waals surface area contributed by atoms with Crippen LogP contribution in [0.4, 0.5) is 5.13 Å². The first-order valence-electron chi connectivity index (χ1n) is 10.8. The van der Waals surface area contributed by atoms with Crippen molar-refractivity contribution in [2.24, 2.45) is 5.16 Å². The van der Waals surface area contributed by atoms with E-state index in [2.05, 4.69) is 20.4 Å². The Morgan fingerprint density at radius 2 is 2.27 bits per heavy atom. The predicted molar refractivity (Wildman–Crippen MR) is 139 cm³/mol. The zero-order valence-corrected chi connectivity index (χ0v) is 21.7. The summed E-state index contributed by atoms with van der Waals surface area (Å²) < 4.78 is 3.02. The van der Waals surface area contributed by atoms with Crippen LogP contribution in [-0.2, 0) is 25.8 Å². The summed E-state index contributed by atoms with van der Waals surface area (Å²) in [5.74, 6) is -1.99. The molecule has 4 N–H and O–H groups in total. The van der Waals surface area contributed by atoms with Crippen LogP contribution in [0, 0.1) is 0 Å². The third-order valence-corrected chi connectivity index (χ3v) is 8.30. The number of pyridine rings is 1. The van der Waals surface area contributed by atoms with Crippen LogP contribution in [-0.4, -0.2) is 68.4 Å². The SMILES string of the molecule is CON=C(C(=O)NC1C(=O)N2C(C(=O)O)=C(/C=C/C[n+]3ccc4scnc4c3)SCC12)c1csc(N)n1. The first kappa shape index (κ1) is 24.9. The molecule has 5 rings (SSSR count). The van der Waals surface area contributed by atoms with Gasteiger partial charge in [0.25, 0.3) is 11.8 Å². The molecule has 0 radical (unpaired) electrons. The number of hydrogen-bond acceptors (Lipinski definition) is 11. The topological polar surface area (TPSA) is 164 Å². The van der Waals surface area contributed by atoms with E-state index in [1.165, 1.54) is 23.8 Å². The smallest absolute Gasteiger partial charge is 0.353 e. The maximum absolute atomic E-state index is 13.0. The Balaban J connectivity index is 1.30. The van der Waals surface area contributed by atoms with Crippen LogP contribution in [0.2, 0.25) is 0 Å². The first-order valence-corrected chi connectivity index (χ1v) is 13.6. The molecule has 2 aliphatic heterocycles. The number of amides is 2. The highest BCUT2D eigenvalue weighted by Gasteiger charge is 2.54. The van der Waals surface area contributed by atoms with E-state index in [1.807, 2.05) is 29.1 Å². The minimum atomic E-state index is -1.22. The number of carbonyl (C=O) groups excluding carboxylic acids is 2. The number of carboxylic acids is 1. The molecule has 190 valence electrons. The van der Waals surface area contributed by atoms with Crippen LogP contribution in [0.3, 0.4) is 0 Å². The van der Waals surface area contributed by atoms with E-state index in [0.717, 1.165) is 21.6 Å². The lowest BCUT2D eigenvalue weighted by Gasteiger charge is -2.49. The average Bonchev–Trinajstić information content (AvgIpc) is 3.53. The van der Waals surface area contributed by atoms with E-state index in [4.69, 9.17) is 10.6 Å². The van der Waals surface area contributed by atoms with Gasteiger partial charge in [-0.15, -0.1) is 34.4 Å². The molecule has 12 nitrogen and oxygen atoms in total. The number of nitrogens with two attached hydrogens (primary N) is 1. The van der Waals surface area contributed by atoms with Gasteiger partial charge in [-0.05, 0) is 12.2 Å². The van der Waals surface area contributed by atoms with Crippen molar-refractivity contribution < 1.29 is 28.9 Å². The third kappa shape index (κ3) is 4.80. The van der Waals surface area contributed by atoms with Crippen molar-refractivity contribution in [2.75, 3.05) is 18.6 Å². The Kier molecular flexibility index (Phi) is 6.90. The number of aliphatic carboxylic acids is 1. The second-order valence-electron chi connectivity index (χ2n) is 7.90. The van der Waals surface area contributed by atoms with Crippen LogP contribution in [0.1, 0.15) is 5.69 Å². The van der Waals surface area contributed by atoms with Crippen LogP contribution in [0.5, 0.6) is 0 Å². The molecule has 0 aromatic carbocycles. The molecule has 2 aliphatic rings. The second kappa shape index (κ2) is 10.3. The molecule has 0 bridgehead atoms. The van der Waals surface area contributed by atoms with Crippen LogP contribution in [0.25, 0.3) is 10.2 Å². The molecule has 0 spiro atoms. The fourth-order valence-electron chi connectivity index (χ4n) is 3.99. The number of β-lactam (4-membered cyclic amide) rings is 1. The Labute approximate surface area is 222 Å². The number of nitrogens with one attached hydrogen (secondary N) is 1. The van der Waals surface area contributed by atoms with Gasteiger partial charge < -0.3 is 21.0 Å². The van der Waals surface area contributed by atoms with Gasteiger partial charge in [-0.1, -0.05) is 5.16 Å². The molecule has 1 saturated heterocycles. The van der Waals surface area contributed by atoms with Gasteiger partial charge in [-0.2, -0.15) is 4.57 Å². The highest BCUT2D eigenvalue weighted by Crippen LogP contribution is 2.39. The number of carboxylic acid groups (broad SMARTS) is 1. The summed E-state index contributed by atoms with van der Waals surface area (Å²) >= 11 is 4.01. The summed E-state index contributed by atoms with van der Waals surface area (Å²) in [6.07, 6.45) is 7.38. The number of rotatable bonds is 8. The van der Waals surface area contributed by atoms with Gasteiger partial charge >= 0.3 is 5.97 Å². The fraction of sp³-hybridized carbons (Fsp3) is 0.227. The highest BCUT2D eigenvalue weighted by molar-refractivity contribution is 8.03. The van der Waals surface area contributed by atoms with Crippen molar-refractivity contribution in [3.05, 3.63) is 57.8 Å². The zero-order chi connectivity index (χ0) is 26.1. The first-order chi connectivity index (χ1) is 17.9. The molecule has 15 heteroatoms. The van der Waals surface area contributed by atoms with Crippen molar-refractivity contribution in [3.8, 4) is 0 Å². The van der Waals surface area contributed by atoms with Gasteiger partial charge in [-0.25, -0.2) is 14.8 Å². The van der Waals surface area contributed by atoms with Crippen molar-refractivity contribution in [3.63, 3.8) is 0 Å². The molecule has 1 fully saturated rings. The number of nitrogen functional groups attached to an aromatic ring is 1. The summed E-state index contributed by atoms with van der Waals surface area (Å²) in [7, 11) is 1.28. The van der Waals surface area contributed by atoms with E-state index in [-0.39, 0.29) is 22.2 Å². The molecule has 2 amide bonds. The normalized spacial score (nSPS) is 19.8. The van der Waals surface area contributed by atoms with E-state index < -0.39 is 29.9 Å². The van der Waals surface area contributed by atoms with E-state index in [9.17, 15) is 19.5 Å². The molecule has 5 heterocycles. The molecule has 3 aromatic rings. The molecule has 2 unspecified atom stereocenters. The van der Waals surface area contributed by atoms with E-state index in [0.29, 0.717) is 17.2 Å². The molecule has 2 atom stereocenters. The number of nitrogens with zero attached hydrogens (tertiary/aromatic N) is 5. The number of thioether (sulfide) groups is 1. The number of allylic oxidation sites excluding steroid dienone is 2. The largest absolute Gasteiger partial charge is 0.477 e. The van der Waals surface area contributed by atoms with Crippen molar-refractivity contribution >= 4 is 73.3 Å². The number of hydrogen-bond donors (Lipinski definition) is 3. The van der Waals surface area contributed by atoms with Gasteiger partial charge in [0.2, 0.25) is 0 Å². The number of anilines is 1. The summed E-state index contributed by atoms with van der Waals surface area (Å²) in [5, 5.41) is 18.0. The van der Waals surface area contributed by atoms with Gasteiger partial charge in [0, 0.05) is 22.1 Å². The van der Waals surface area contributed by atoms with Gasteiger partial charge in [-0.3, -0.25) is 14.5 Å². The Bertz CT molecular complexity index is 1490. The standard InChI is InChI=1S/C22H19N7O5S3/c1-34-27-16(12-8-36-22(23)25-12)19(30)26-17-13-9-35-15(18(21(32)33)29(13)20(17)31)3-2-5-28-6-4-14-11(7-28)24-10-37-14/h2-4,6-8,10,13,17H,5,9H2,1H3,(H3-,23,25,26,30,32,33)/p+1/b3-2+,27-16?. The third-order valence-electron chi connectivity index (χ3n) is 5.67. The van der Waals surface area contributed by atoms with Crippen LogP contribution < -0.4 is 15.6 Å².